The van der Waals surface area contributed by atoms with Gasteiger partial charge in [0.15, 0.2) is 11.5 Å². The van der Waals surface area contributed by atoms with Crippen LogP contribution in [-0.2, 0) is 9.53 Å². The smallest absolute Gasteiger partial charge is 0.345 e. The molecule has 0 bridgehead atoms. The Bertz CT molecular complexity index is 1120. The second-order valence-corrected chi connectivity index (χ2v) is 7.54. The fourth-order valence-corrected chi connectivity index (χ4v) is 3.74. The molecular formula is C22H20Cl2N2O6. The number of hydrogen-bond donors (Lipinski definition) is 2. The first kappa shape index (κ1) is 23.4. The van der Waals surface area contributed by atoms with E-state index in [-0.39, 0.29) is 27.7 Å². The summed E-state index contributed by atoms with van der Waals surface area (Å²) in [6, 6.07) is 7.87. The first-order valence-electron chi connectivity index (χ1n) is 9.53. The van der Waals surface area contributed by atoms with Crippen molar-refractivity contribution in [1.82, 2.24) is 10.6 Å². The Hall–Kier alpha value is -3.23. The topological polar surface area (TPSA) is 103 Å². The zero-order chi connectivity index (χ0) is 23.4. The molecule has 3 rings (SSSR count). The quantitative estimate of drug-likeness (QED) is 0.470. The Balaban J connectivity index is 1.96. The van der Waals surface area contributed by atoms with Crippen LogP contribution in [0.4, 0.5) is 4.79 Å². The number of rotatable bonds is 6. The SMILES string of the molecule is CCC1=C(C(=O)OC)C(c2ccc(OC(=O)c3ccc(Cl)cc3Cl)c(OC)c2)NC(=O)N1. The van der Waals surface area contributed by atoms with E-state index in [1.165, 1.54) is 38.5 Å². The first-order chi connectivity index (χ1) is 15.3. The molecular weight excluding hydrogens is 459 g/mol. The molecule has 1 aliphatic rings. The number of hydrogen-bond acceptors (Lipinski definition) is 6. The molecule has 168 valence electrons. The minimum atomic E-state index is -0.782. The molecule has 32 heavy (non-hydrogen) atoms. The van der Waals surface area contributed by atoms with Crippen molar-refractivity contribution in [3.05, 3.63) is 68.8 Å². The predicted molar refractivity (Wildman–Crippen MR) is 118 cm³/mol. The number of allylic oxidation sites excluding steroid dienone is 1. The summed E-state index contributed by atoms with van der Waals surface area (Å²) >= 11 is 11.9. The summed E-state index contributed by atoms with van der Waals surface area (Å²) < 4.78 is 15.7. The molecule has 10 heteroatoms. The van der Waals surface area contributed by atoms with Crippen molar-refractivity contribution in [3.63, 3.8) is 0 Å². The molecule has 0 aromatic heterocycles. The summed E-state index contributed by atoms with van der Waals surface area (Å²) in [5.74, 6) is -0.926. The number of carbonyl (C=O) groups excluding carboxylic acids is 3. The van der Waals surface area contributed by atoms with Crippen molar-refractivity contribution in [3.8, 4) is 11.5 Å². The number of halogens is 2. The highest BCUT2D eigenvalue weighted by molar-refractivity contribution is 6.36. The van der Waals surface area contributed by atoms with Gasteiger partial charge in [-0.15, -0.1) is 0 Å². The Kier molecular flexibility index (Phi) is 7.27. The van der Waals surface area contributed by atoms with Gasteiger partial charge in [-0.1, -0.05) is 36.2 Å². The molecule has 1 atom stereocenters. The van der Waals surface area contributed by atoms with Crippen LogP contribution in [0.25, 0.3) is 0 Å². The molecule has 2 aromatic carbocycles. The van der Waals surface area contributed by atoms with Gasteiger partial charge in [0.2, 0.25) is 0 Å². The van der Waals surface area contributed by atoms with Gasteiger partial charge in [0, 0.05) is 10.7 Å². The third-order valence-corrected chi connectivity index (χ3v) is 5.34. The van der Waals surface area contributed by atoms with Gasteiger partial charge in [-0.3, -0.25) is 0 Å². The number of methoxy groups -OCH3 is 2. The number of urea groups is 1. The zero-order valence-electron chi connectivity index (χ0n) is 17.5. The predicted octanol–water partition coefficient (Wildman–Crippen LogP) is 4.41. The lowest BCUT2D eigenvalue weighted by Crippen LogP contribution is -2.45. The van der Waals surface area contributed by atoms with Gasteiger partial charge < -0.3 is 24.8 Å². The third-order valence-electron chi connectivity index (χ3n) is 4.79. The monoisotopic (exact) mass is 478 g/mol. The normalized spacial score (nSPS) is 15.5. The van der Waals surface area contributed by atoms with E-state index in [4.69, 9.17) is 37.4 Å². The van der Waals surface area contributed by atoms with Crippen LogP contribution in [0.1, 0.15) is 35.3 Å². The molecule has 0 radical (unpaired) electrons. The molecule has 2 amide bonds. The van der Waals surface area contributed by atoms with Crippen LogP contribution in [0, 0.1) is 0 Å². The number of ether oxygens (including phenoxy) is 3. The summed E-state index contributed by atoms with van der Waals surface area (Å²) in [7, 11) is 2.67. The van der Waals surface area contributed by atoms with Gasteiger partial charge in [-0.2, -0.15) is 0 Å². The summed E-state index contributed by atoms with van der Waals surface area (Å²) in [4.78, 5) is 37.1. The Labute approximate surface area is 194 Å². The number of amides is 2. The maximum atomic E-state index is 12.6. The average Bonchev–Trinajstić information content (AvgIpc) is 2.77. The second-order valence-electron chi connectivity index (χ2n) is 6.69. The van der Waals surface area contributed by atoms with Gasteiger partial charge in [0.1, 0.15) is 0 Å². The molecule has 1 heterocycles. The van der Waals surface area contributed by atoms with Crippen LogP contribution in [0.5, 0.6) is 11.5 Å². The summed E-state index contributed by atoms with van der Waals surface area (Å²) in [6.07, 6.45) is 0.420. The molecule has 2 aromatic rings. The van der Waals surface area contributed by atoms with Gasteiger partial charge >= 0.3 is 18.0 Å². The molecule has 2 N–H and O–H groups in total. The lowest BCUT2D eigenvalue weighted by atomic mass is 9.94. The van der Waals surface area contributed by atoms with E-state index < -0.39 is 24.0 Å². The molecule has 8 nitrogen and oxygen atoms in total. The Morgan fingerprint density at radius 1 is 1.03 bits per heavy atom. The van der Waals surface area contributed by atoms with Gasteiger partial charge in [0.05, 0.1) is 36.4 Å². The minimum absolute atomic E-state index is 0.131. The van der Waals surface area contributed by atoms with E-state index in [0.717, 1.165) is 0 Å². The molecule has 0 fully saturated rings. The summed E-state index contributed by atoms with van der Waals surface area (Å²) in [5.41, 5.74) is 1.40. The van der Waals surface area contributed by atoms with E-state index in [2.05, 4.69) is 10.6 Å². The molecule has 1 aliphatic heterocycles. The highest BCUT2D eigenvalue weighted by Gasteiger charge is 2.33. The van der Waals surface area contributed by atoms with Crippen molar-refractivity contribution in [1.29, 1.82) is 0 Å². The van der Waals surface area contributed by atoms with E-state index in [1.807, 2.05) is 6.92 Å². The highest BCUT2D eigenvalue weighted by atomic mass is 35.5. The van der Waals surface area contributed by atoms with Crippen LogP contribution in [0.2, 0.25) is 10.0 Å². The summed E-state index contributed by atoms with van der Waals surface area (Å²) in [6.45, 7) is 1.81. The maximum Gasteiger partial charge on any atom is 0.345 e. The summed E-state index contributed by atoms with van der Waals surface area (Å²) in [5, 5.41) is 5.88. The largest absolute Gasteiger partial charge is 0.493 e. The standard InChI is InChI=1S/C22H20Cl2N2O6/c1-4-15-18(21(28)31-3)19(26-22(29)25-15)11-5-8-16(17(9-11)30-2)32-20(27)13-7-6-12(23)10-14(13)24/h5-10,19H,4H2,1-3H3,(H2,25,26,29). The zero-order valence-corrected chi connectivity index (χ0v) is 19.0. The van der Waals surface area contributed by atoms with Crippen LogP contribution in [0.15, 0.2) is 47.7 Å². The fraction of sp³-hybridized carbons (Fsp3) is 0.227. The first-order valence-corrected chi connectivity index (χ1v) is 10.3. The van der Waals surface area contributed by atoms with Crippen molar-refractivity contribution >= 4 is 41.2 Å². The van der Waals surface area contributed by atoms with Crippen LogP contribution in [-0.4, -0.2) is 32.2 Å². The fourth-order valence-electron chi connectivity index (χ4n) is 3.26. The van der Waals surface area contributed by atoms with Crippen LogP contribution in [0.3, 0.4) is 0 Å². The molecule has 0 aliphatic carbocycles. The van der Waals surface area contributed by atoms with Gasteiger partial charge in [-0.25, -0.2) is 14.4 Å². The van der Waals surface area contributed by atoms with E-state index in [9.17, 15) is 14.4 Å². The lowest BCUT2D eigenvalue weighted by Gasteiger charge is -2.29. The van der Waals surface area contributed by atoms with Gasteiger partial charge in [0.25, 0.3) is 0 Å². The van der Waals surface area contributed by atoms with E-state index >= 15 is 0 Å². The average molecular weight is 479 g/mol. The molecule has 1 unspecified atom stereocenters. The van der Waals surface area contributed by atoms with Crippen molar-refractivity contribution < 1.29 is 28.6 Å². The Morgan fingerprint density at radius 2 is 1.78 bits per heavy atom. The van der Waals surface area contributed by atoms with E-state index in [0.29, 0.717) is 22.7 Å². The highest BCUT2D eigenvalue weighted by Crippen LogP contribution is 2.35. The van der Waals surface area contributed by atoms with Crippen molar-refractivity contribution in [2.45, 2.75) is 19.4 Å². The Morgan fingerprint density at radius 3 is 2.41 bits per heavy atom. The number of benzene rings is 2. The number of esters is 2. The van der Waals surface area contributed by atoms with Crippen molar-refractivity contribution in [2.24, 2.45) is 0 Å². The van der Waals surface area contributed by atoms with Gasteiger partial charge in [-0.05, 0) is 42.3 Å². The number of nitrogens with one attached hydrogen (secondary N) is 2. The van der Waals surface area contributed by atoms with E-state index in [1.54, 1.807) is 12.1 Å². The number of carbonyl (C=O) groups is 3. The molecule has 0 saturated carbocycles. The molecule has 0 spiro atoms. The molecule has 0 saturated heterocycles. The van der Waals surface area contributed by atoms with Crippen LogP contribution < -0.4 is 20.1 Å². The maximum absolute atomic E-state index is 12.6. The lowest BCUT2D eigenvalue weighted by molar-refractivity contribution is -0.136. The third kappa shape index (κ3) is 4.81. The second kappa shape index (κ2) is 9.93. The minimum Gasteiger partial charge on any atom is -0.493 e. The van der Waals surface area contributed by atoms with Crippen molar-refractivity contribution in [2.75, 3.05) is 14.2 Å². The van der Waals surface area contributed by atoms with Crippen LogP contribution >= 0.6 is 23.2 Å².